The van der Waals surface area contributed by atoms with Crippen LogP contribution in [0.5, 0.6) is 0 Å². The lowest BCUT2D eigenvalue weighted by Crippen LogP contribution is -2.35. The molecule has 4 heteroatoms. The first-order valence-electron chi connectivity index (χ1n) is 9.98. The van der Waals surface area contributed by atoms with Crippen LogP contribution in [0.4, 0.5) is 11.8 Å². The van der Waals surface area contributed by atoms with Gasteiger partial charge in [0.1, 0.15) is 5.82 Å². The second-order valence-electron chi connectivity index (χ2n) is 7.92. The molecule has 0 bridgehead atoms. The molecule has 26 heavy (non-hydrogen) atoms. The highest BCUT2D eigenvalue weighted by molar-refractivity contribution is 5.45. The highest BCUT2D eigenvalue weighted by Gasteiger charge is 2.21. The van der Waals surface area contributed by atoms with Gasteiger partial charge in [-0.05, 0) is 50.0 Å². The number of piperidine rings is 1. The molecule has 0 radical (unpaired) electrons. The number of rotatable bonds is 7. The fraction of sp³-hybridized carbons (Fsp3) is 0.545. The van der Waals surface area contributed by atoms with Crippen LogP contribution in [0.15, 0.2) is 36.4 Å². The highest BCUT2D eigenvalue weighted by Crippen LogP contribution is 2.25. The Balaban J connectivity index is 1.56. The van der Waals surface area contributed by atoms with Crippen LogP contribution in [0.25, 0.3) is 0 Å². The molecule has 0 atom stereocenters. The van der Waals surface area contributed by atoms with Crippen LogP contribution < -0.4 is 10.2 Å². The Morgan fingerprint density at radius 1 is 1.12 bits per heavy atom. The van der Waals surface area contributed by atoms with E-state index in [1.165, 1.54) is 24.8 Å². The van der Waals surface area contributed by atoms with Crippen molar-refractivity contribution in [2.75, 3.05) is 29.9 Å². The van der Waals surface area contributed by atoms with E-state index >= 15 is 0 Å². The standard InChI is InChI=1S/C22H32N4/c1-17(2)9-12-23-22-24-18(3)15-21(25-22)26-13-10-20(11-14-26)16-19-7-5-4-6-8-19/h4-8,15,17,20H,9-14,16H2,1-3H3,(H,23,24,25). The van der Waals surface area contributed by atoms with Gasteiger partial charge in [-0.3, -0.25) is 0 Å². The maximum Gasteiger partial charge on any atom is 0.224 e. The van der Waals surface area contributed by atoms with Gasteiger partial charge in [-0.15, -0.1) is 0 Å². The molecule has 2 aromatic rings. The maximum absolute atomic E-state index is 4.77. The minimum absolute atomic E-state index is 0.690. The number of hydrogen-bond acceptors (Lipinski definition) is 4. The molecule has 1 aliphatic rings. The number of nitrogens with zero attached hydrogens (tertiary/aromatic N) is 3. The van der Waals surface area contributed by atoms with Gasteiger partial charge in [0.15, 0.2) is 0 Å². The Labute approximate surface area is 158 Å². The van der Waals surface area contributed by atoms with Crippen molar-refractivity contribution in [2.45, 2.75) is 46.5 Å². The number of hydrogen-bond donors (Lipinski definition) is 1. The zero-order valence-corrected chi connectivity index (χ0v) is 16.4. The monoisotopic (exact) mass is 352 g/mol. The number of nitrogens with one attached hydrogen (secondary N) is 1. The topological polar surface area (TPSA) is 41.1 Å². The third-order valence-corrected chi connectivity index (χ3v) is 5.15. The molecule has 0 aliphatic carbocycles. The van der Waals surface area contributed by atoms with Crippen LogP contribution in [0, 0.1) is 18.8 Å². The first kappa shape index (κ1) is 18.7. The number of aryl methyl sites for hydroxylation is 1. The molecule has 0 amide bonds. The van der Waals surface area contributed by atoms with Crippen LogP contribution in [-0.4, -0.2) is 29.6 Å². The molecule has 0 spiro atoms. The summed E-state index contributed by atoms with van der Waals surface area (Å²) in [6.45, 7) is 9.63. The number of anilines is 2. The van der Waals surface area contributed by atoms with E-state index in [0.29, 0.717) is 5.92 Å². The van der Waals surface area contributed by atoms with Crippen molar-refractivity contribution < 1.29 is 0 Å². The summed E-state index contributed by atoms with van der Waals surface area (Å²) >= 11 is 0. The summed E-state index contributed by atoms with van der Waals surface area (Å²) in [4.78, 5) is 11.7. The first-order chi connectivity index (χ1) is 12.6. The van der Waals surface area contributed by atoms with E-state index in [9.17, 15) is 0 Å². The van der Waals surface area contributed by atoms with Crippen LogP contribution in [0.1, 0.15) is 44.4 Å². The molecule has 1 aliphatic heterocycles. The van der Waals surface area contributed by atoms with Crippen molar-refractivity contribution in [1.82, 2.24) is 9.97 Å². The molecule has 1 saturated heterocycles. The zero-order valence-electron chi connectivity index (χ0n) is 16.4. The summed E-state index contributed by atoms with van der Waals surface area (Å²) < 4.78 is 0. The fourth-order valence-electron chi connectivity index (χ4n) is 3.58. The van der Waals surface area contributed by atoms with Crippen LogP contribution in [-0.2, 0) is 6.42 Å². The molecule has 4 nitrogen and oxygen atoms in total. The van der Waals surface area contributed by atoms with Gasteiger partial charge >= 0.3 is 0 Å². The molecule has 3 rings (SSSR count). The van der Waals surface area contributed by atoms with E-state index in [2.05, 4.69) is 72.4 Å². The molecule has 1 aromatic heterocycles. The minimum Gasteiger partial charge on any atom is -0.356 e. The van der Waals surface area contributed by atoms with Gasteiger partial charge in [-0.2, -0.15) is 4.98 Å². The quantitative estimate of drug-likeness (QED) is 0.784. The first-order valence-corrected chi connectivity index (χ1v) is 9.98. The predicted molar refractivity (Wildman–Crippen MR) is 110 cm³/mol. The minimum atomic E-state index is 0.690. The van der Waals surface area contributed by atoms with Crippen LogP contribution >= 0.6 is 0 Å². The zero-order chi connectivity index (χ0) is 18.4. The summed E-state index contributed by atoms with van der Waals surface area (Å²) in [6.07, 6.45) is 4.79. The Morgan fingerprint density at radius 2 is 1.85 bits per heavy atom. The average molecular weight is 353 g/mol. The number of benzene rings is 1. The third kappa shape index (κ3) is 5.45. The Kier molecular flexibility index (Phi) is 6.48. The smallest absolute Gasteiger partial charge is 0.224 e. The van der Waals surface area contributed by atoms with E-state index in [1.54, 1.807) is 0 Å². The Hall–Kier alpha value is -2.10. The molecule has 1 aromatic carbocycles. The van der Waals surface area contributed by atoms with E-state index in [4.69, 9.17) is 4.98 Å². The molecule has 1 fully saturated rings. The van der Waals surface area contributed by atoms with E-state index < -0.39 is 0 Å². The van der Waals surface area contributed by atoms with Crippen molar-refractivity contribution in [3.63, 3.8) is 0 Å². The highest BCUT2D eigenvalue weighted by atomic mass is 15.2. The molecular formula is C22H32N4. The lowest BCUT2D eigenvalue weighted by molar-refractivity contribution is 0.402. The molecule has 0 saturated carbocycles. The summed E-state index contributed by atoms with van der Waals surface area (Å²) in [6, 6.07) is 13.0. The van der Waals surface area contributed by atoms with Crippen molar-refractivity contribution in [3.05, 3.63) is 47.7 Å². The van der Waals surface area contributed by atoms with E-state index in [-0.39, 0.29) is 0 Å². The Morgan fingerprint density at radius 3 is 2.54 bits per heavy atom. The SMILES string of the molecule is Cc1cc(N2CCC(Cc3ccccc3)CC2)nc(NCCC(C)C)n1. The van der Waals surface area contributed by atoms with Gasteiger partial charge in [0.2, 0.25) is 5.95 Å². The van der Waals surface area contributed by atoms with Gasteiger partial charge in [0.25, 0.3) is 0 Å². The predicted octanol–water partition coefficient (Wildman–Crippen LogP) is 4.70. The maximum atomic E-state index is 4.77. The van der Waals surface area contributed by atoms with Crippen molar-refractivity contribution in [2.24, 2.45) is 11.8 Å². The third-order valence-electron chi connectivity index (χ3n) is 5.15. The molecule has 140 valence electrons. The van der Waals surface area contributed by atoms with Crippen LogP contribution in [0.3, 0.4) is 0 Å². The number of aromatic nitrogens is 2. The normalized spacial score (nSPS) is 15.5. The van der Waals surface area contributed by atoms with Gasteiger partial charge in [0, 0.05) is 31.4 Å². The lowest BCUT2D eigenvalue weighted by atomic mass is 9.90. The van der Waals surface area contributed by atoms with Gasteiger partial charge < -0.3 is 10.2 Å². The average Bonchev–Trinajstić information content (AvgIpc) is 2.62. The van der Waals surface area contributed by atoms with Crippen molar-refractivity contribution >= 4 is 11.8 Å². The molecular weight excluding hydrogens is 320 g/mol. The Bertz CT molecular complexity index is 676. The van der Waals surface area contributed by atoms with Crippen molar-refractivity contribution in [1.29, 1.82) is 0 Å². The fourth-order valence-corrected chi connectivity index (χ4v) is 3.58. The summed E-state index contributed by atoms with van der Waals surface area (Å²) in [5.41, 5.74) is 2.49. The molecule has 1 N–H and O–H groups in total. The second-order valence-corrected chi connectivity index (χ2v) is 7.92. The van der Waals surface area contributed by atoms with Gasteiger partial charge in [0.05, 0.1) is 0 Å². The van der Waals surface area contributed by atoms with Crippen LogP contribution in [0.2, 0.25) is 0 Å². The van der Waals surface area contributed by atoms with Crippen molar-refractivity contribution in [3.8, 4) is 0 Å². The summed E-state index contributed by atoms with van der Waals surface area (Å²) in [5.74, 6) is 3.31. The van der Waals surface area contributed by atoms with E-state index in [1.807, 2.05) is 0 Å². The summed E-state index contributed by atoms with van der Waals surface area (Å²) in [7, 11) is 0. The van der Waals surface area contributed by atoms with Gasteiger partial charge in [-0.1, -0.05) is 44.2 Å². The molecule has 0 unspecified atom stereocenters. The second kappa shape index (κ2) is 9.02. The summed E-state index contributed by atoms with van der Waals surface area (Å²) in [5, 5.41) is 3.39. The molecule has 2 heterocycles. The lowest BCUT2D eigenvalue weighted by Gasteiger charge is -2.33. The largest absolute Gasteiger partial charge is 0.356 e. The van der Waals surface area contributed by atoms with Gasteiger partial charge in [-0.25, -0.2) is 4.98 Å². The van der Waals surface area contributed by atoms with E-state index in [0.717, 1.165) is 49.4 Å².